The maximum atomic E-state index is 12.4. The van der Waals surface area contributed by atoms with E-state index in [2.05, 4.69) is 5.32 Å². The van der Waals surface area contributed by atoms with Gasteiger partial charge in [0.15, 0.2) is 0 Å². The predicted octanol–water partition coefficient (Wildman–Crippen LogP) is 6.15. The number of hydrogen-bond acceptors (Lipinski definition) is 5. The first-order valence-electron chi connectivity index (χ1n) is 9.76. The number of amides is 1. The molecule has 3 aromatic rings. The molecule has 0 heterocycles. The molecule has 3 rings (SSSR count). The van der Waals surface area contributed by atoms with Gasteiger partial charge in [-0.3, -0.25) is 9.59 Å². The lowest BCUT2D eigenvalue weighted by Gasteiger charge is -2.11. The van der Waals surface area contributed by atoms with Crippen LogP contribution in [0, 0.1) is 0 Å². The van der Waals surface area contributed by atoms with E-state index in [0.29, 0.717) is 45.2 Å². The average Bonchev–Trinajstić information content (AvgIpc) is 2.77. The fourth-order valence-electron chi connectivity index (χ4n) is 2.86. The maximum absolute atomic E-state index is 12.4. The van der Waals surface area contributed by atoms with Crippen LogP contribution < -0.4 is 14.8 Å². The van der Waals surface area contributed by atoms with Crippen LogP contribution >= 0.6 is 23.2 Å². The third-order valence-electron chi connectivity index (χ3n) is 4.40. The minimum atomic E-state index is -0.313. The van der Waals surface area contributed by atoms with Gasteiger partial charge in [0.05, 0.1) is 30.2 Å². The van der Waals surface area contributed by atoms with Gasteiger partial charge < -0.3 is 19.5 Å². The highest BCUT2D eigenvalue weighted by Gasteiger charge is 2.11. The number of carbonyl (C=O) groups excluding carboxylic acids is 2. The first kappa shape index (κ1) is 23.4. The Hall–Kier alpha value is -3.22. The zero-order chi connectivity index (χ0) is 23.1. The molecule has 0 atom stereocenters. The SMILES string of the molecule is CCOC(=O)Cc1ccc(Oc2ccc(NC(=O)c3ccc(OC)c(Cl)c3)cc2)c(Cl)c1. The van der Waals surface area contributed by atoms with E-state index in [1.807, 2.05) is 0 Å². The molecule has 0 saturated carbocycles. The third kappa shape index (κ3) is 6.15. The second kappa shape index (κ2) is 10.9. The Morgan fingerprint density at radius 1 is 0.906 bits per heavy atom. The third-order valence-corrected chi connectivity index (χ3v) is 4.99. The van der Waals surface area contributed by atoms with Crippen LogP contribution in [0.15, 0.2) is 60.7 Å². The van der Waals surface area contributed by atoms with E-state index in [4.69, 9.17) is 37.4 Å². The first-order chi connectivity index (χ1) is 15.4. The molecule has 166 valence electrons. The molecule has 0 spiro atoms. The number of anilines is 1. The summed E-state index contributed by atoms with van der Waals surface area (Å²) < 4.78 is 15.8. The van der Waals surface area contributed by atoms with E-state index in [1.165, 1.54) is 7.11 Å². The number of nitrogens with one attached hydrogen (secondary N) is 1. The fraction of sp³-hybridized carbons (Fsp3) is 0.167. The van der Waals surface area contributed by atoms with E-state index in [9.17, 15) is 9.59 Å². The number of esters is 1. The molecule has 1 N–H and O–H groups in total. The van der Waals surface area contributed by atoms with E-state index in [1.54, 1.807) is 67.6 Å². The van der Waals surface area contributed by atoms with E-state index in [-0.39, 0.29) is 18.3 Å². The molecule has 0 aliphatic heterocycles. The van der Waals surface area contributed by atoms with Gasteiger partial charge in [0.25, 0.3) is 5.91 Å². The number of hydrogen-bond donors (Lipinski definition) is 1. The molecule has 0 radical (unpaired) electrons. The molecule has 0 aromatic heterocycles. The maximum Gasteiger partial charge on any atom is 0.310 e. The smallest absolute Gasteiger partial charge is 0.310 e. The quantitative estimate of drug-likeness (QED) is 0.397. The zero-order valence-electron chi connectivity index (χ0n) is 17.5. The van der Waals surface area contributed by atoms with Crippen molar-refractivity contribution in [3.8, 4) is 17.2 Å². The molecule has 0 unspecified atom stereocenters. The highest BCUT2D eigenvalue weighted by atomic mass is 35.5. The van der Waals surface area contributed by atoms with Gasteiger partial charge >= 0.3 is 5.97 Å². The standard InChI is InChI=1S/C24H21Cl2NO5/c1-3-31-23(28)13-15-4-10-22(19(25)12-15)32-18-8-6-17(7-9-18)27-24(29)16-5-11-21(30-2)20(26)14-16/h4-12,14H,3,13H2,1-2H3,(H,27,29). The highest BCUT2D eigenvalue weighted by Crippen LogP contribution is 2.31. The van der Waals surface area contributed by atoms with Crippen LogP contribution in [0.25, 0.3) is 0 Å². The Balaban J connectivity index is 1.62. The second-order valence-corrected chi connectivity index (χ2v) is 7.49. The Kier molecular flexibility index (Phi) is 7.98. The fourth-order valence-corrected chi connectivity index (χ4v) is 3.36. The summed E-state index contributed by atoms with van der Waals surface area (Å²) in [4.78, 5) is 24.0. The zero-order valence-corrected chi connectivity index (χ0v) is 19.0. The minimum absolute atomic E-state index is 0.141. The average molecular weight is 474 g/mol. The monoisotopic (exact) mass is 473 g/mol. The van der Waals surface area contributed by atoms with Crippen molar-refractivity contribution in [3.63, 3.8) is 0 Å². The lowest BCUT2D eigenvalue weighted by Crippen LogP contribution is -2.11. The van der Waals surface area contributed by atoms with Crippen LogP contribution in [0.3, 0.4) is 0 Å². The molecule has 0 bridgehead atoms. The number of carbonyl (C=O) groups is 2. The van der Waals surface area contributed by atoms with Crippen molar-refractivity contribution >= 4 is 40.8 Å². The van der Waals surface area contributed by atoms with Crippen molar-refractivity contribution in [3.05, 3.63) is 81.8 Å². The van der Waals surface area contributed by atoms with Crippen molar-refractivity contribution in [2.24, 2.45) is 0 Å². The van der Waals surface area contributed by atoms with Crippen LogP contribution in [0.1, 0.15) is 22.8 Å². The summed E-state index contributed by atoms with van der Waals surface area (Å²) in [7, 11) is 1.51. The van der Waals surface area contributed by atoms with Crippen molar-refractivity contribution in [2.45, 2.75) is 13.3 Å². The summed E-state index contributed by atoms with van der Waals surface area (Å²) >= 11 is 12.4. The number of rotatable bonds is 8. The van der Waals surface area contributed by atoms with Gasteiger partial charge in [0, 0.05) is 11.3 Å². The van der Waals surface area contributed by atoms with Crippen molar-refractivity contribution < 1.29 is 23.8 Å². The molecule has 0 fully saturated rings. The second-order valence-electron chi connectivity index (χ2n) is 6.68. The van der Waals surface area contributed by atoms with Crippen LogP contribution in [0.5, 0.6) is 17.2 Å². The highest BCUT2D eigenvalue weighted by molar-refractivity contribution is 6.32. The largest absolute Gasteiger partial charge is 0.495 e. The van der Waals surface area contributed by atoms with E-state index < -0.39 is 0 Å². The Morgan fingerprint density at radius 3 is 2.22 bits per heavy atom. The molecule has 1 amide bonds. The van der Waals surface area contributed by atoms with Gasteiger partial charge in [-0.1, -0.05) is 29.3 Å². The Bertz CT molecular complexity index is 1120. The van der Waals surface area contributed by atoms with Gasteiger partial charge in [0.1, 0.15) is 17.2 Å². The van der Waals surface area contributed by atoms with Gasteiger partial charge in [-0.15, -0.1) is 0 Å². The minimum Gasteiger partial charge on any atom is -0.495 e. The Labute approximate surface area is 196 Å². The summed E-state index contributed by atoms with van der Waals surface area (Å²) in [6.07, 6.45) is 0.141. The number of ether oxygens (including phenoxy) is 3. The Morgan fingerprint density at radius 2 is 1.59 bits per heavy atom. The normalized spacial score (nSPS) is 10.4. The van der Waals surface area contributed by atoms with Crippen LogP contribution in [0.4, 0.5) is 5.69 Å². The van der Waals surface area contributed by atoms with Gasteiger partial charge in [0.2, 0.25) is 0 Å². The predicted molar refractivity (Wildman–Crippen MR) is 124 cm³/mol. The summed E-state index contributed by atoms with van der Waals surface area (Å²) in [6.45, 7) is 2.09. The van der Waals surface area contributed by atoms with E-state index >= 15 is 0 Å². The molecule has 32 heavy (non-hydrogen) atoms. The molecule has 0 aliphatic rings. The summed E-state index contributed by atoms with van der Waals surface area (Å²) in [6, 6.07) is 16.8. The molecule has 8 heteroatoms. The molecule has 3 aromatic carbocycles. The number of methoxy groups -OCH3 is 1. The molecular weight excluding hydrogens is 453 g/mol. The molecular formula is C24H21Cl2NO5. The van der Waals surface area contributed by atoms with Crippen LogP contribution in [-0.2, 0) is 16.0 Å². The van der Waals surface area contributed by atoms with Crippen molar-refractivity contribution in [1.82, 2.24) is 0 Å². The summed E-state index contributed by atoms with van der Waals surface area (Å²) in [5, 5.41) is 3.53. The van der Waals surface area contributed by atoms with Gasteiger partial charge in [-0.25, -0.2) is 0 Å². The van der Waals surface area contributed by atoms with Gasteiger partial charge in [-0.05, 0) is 67.1 Å². The molecule has 6 nitrogen and oxygen atoms in total. The number of benzene rings is 3. The first-order valence-corrected chi connectivity index (χ1v) is 10.5. The van der Waals surface area contributed by atoms with Gasteiger partial charge in [-0.2, -0.15) is 0 Å². The van der Waals surface area contributed by atoms with Crippen molar-refractivity contribution in [2.75, 3.05) is 19.0 Å². The van der Waals surface area contributed by atoms with E-state index in [0.717, 1.165) is 5.56 Å². The van der Waals surface area contributed by atoms with Crippen molar-refractivity contribution in [1.29, 1.82) is 0 Å². The summed E-state index contributed by atoms with van der Waals surface area (Å²) in [5.74, 6) is 0.868. The van der Waals surface area contributed by atoms with Crippen LogP contribution in [-0.4, -0.2) is 25.6 Å². The summed E-state index contributed by atoms with van der Waals surface area (Å²) in [5.41, 5.74) is 1.73. The van der Waals surface area contributed by atoms with Crippen LogP contribution in [0.2, 0.25) is 10.0 Å². The number of halogens is 2. The lowest BCUT2D eigenvalue weighted by molar-refractivity contribution is -0.142. The lowest BCUT2D eigenvalue weighted by atomic mass is 10.1. The molecule has 0 aliphatic carbocycles. The molecule has 0 saturated heterocycles. The topological polar surface area (TPSA) is 73.9 Å².